The van der Waals surface area contributed by atoms with Gasteiger partial charge in [-0.2, -0.15) is 0 Å². The largest absolute Gasteiger partial charge is 0.397 e. The molecule has 1 rings (SSSR count). The number of ether oxygens (including phenoxy) is 1. The Morgan fingerprint density at radius 3 is 2.60 bits per heavy atom. The number of hydrogen-bond donors (Lipinski definition) is 3. The van der Waals surface area contributed by atoms with Crippen LogP contribution in [0.1, 0.15) is 46.7 Å². The Bertz CT molecular complexity index is 485. The minimum atomic E-state index is -0.624. The third-order valence-corrected chi connectivity index (χ3v) is 3.93. The van der Waals surface area contributed by atoms with E-state index in [4.69, 9.17) is 16.2 Å². The van der Waals surface area contributed by atoms with E-state index in [0.29, 0.717) is 36.1 Å². The molecule has 0 aliphatic heterocycles. The van der Waals surface area contributed by atoms with Crippen LogP contribution in [0.15, 0.2) is 0 Å². The summed E-state index contributed by atoms with van der Waals surface area (Å²) in [6, 6.07) is 0. The van der Waals surface area contributed by atoms with Crippen molar-refractivity contribution in [2.24, 2.45) is 5.73 Å². The van der Waals surface area contributed by atoms with Gasteiger partial charge in [0.1, 0.15) is 5.00 Å². The fourth-order valence-electron chi connectivity index (χ4n) is 1.70. The number of thiophene rings is 1. The third kappa shape index (κ3) is 3.94. The summed E-state index contributed by atoms with van der Waals surface area (Å²) in [5.41, 5.74) is 11.6. The van der Waals surface area contributed by atoms with E-state index in [1.165, 1.54) is 11.3 Å². The van der Waals surface area contributed by atoms with Crippen molar-refractivity contribution in [3.8, 4) is 0 Å². The van der Waals surface area contributed by atoms with Gasteiger partial charge in [-0.3, -0.25) is 9.59 Å². The lowest BCUT2D eigenvalue weighted by Gasteiger charge is -2.05. The fourth-order valence-corrected chi connectivity index (χ4v) is 2.86. The molecule has 1 heterocycles. The van der Waals surface area contributed by atoms with Crippen LogP contribution in [0.3, 0.4) is 0 Å². The summed E-state index contributed by atoms with van der Waals surface area (Å²) < 4.78 is 5.23. The molecule has 7 heteroatoms. The number of amides is 1. The number of nitrogens with one attached hydrogen (secondary N) is 1. The molecule has 20 heavy (non-hydrogen) atoms. The molecule has 0 atom stereocenters. The number of carbonyl (C=O) groups is 2. The van der Waals surface area contributed by atoms with Gasteiger partial charge in [0, 0.05) is 26.2 Å². The topological polar surface area (TPSA) is 107 Å². The van der Waals surface area contributed by atoms with Crippen molar-refractivity contribution in [1.82, 2.24) is 0 Å². The zero-order valence-corrected chi connectivity index (χ0v) is 12.6. The Morgan fingerprint density at radius 1 is 1.35 bits per heavy atom. The molecule has 1 aromatic rings. The van der Waals surface area contributed by atoms with Gasteiger partial charge in [-0.05, 0) is 13.3 Å². The van der Waals surface area contributed by atoms with E-state index < -0.39 is 5.91 Å². The number of primary amides is 1. The normalized spacial score (nSPS) is 10.5. The number of rotatable bonds is 9. The minimum absolute atomic E-state index is 0.0858. The summed E-state index contributed by atoms with van der Waals surface area (Å²) in [6.07, 6.45) is 1.13. The van der Waals surface area contributed by atoms with Crippen LogP contribution in [0, 0.1) is 0 Å². The first-order valence-corrected chi connectivity index (χ1v) is 7.41. The molecular formula is C13H21N3O3S. The molecule has 0 radical (unpaired) electrons. The molecule has 0 unspecified atom stereocenters. The van der Waals surface area contributed by atoms with Gasteiger partial charge in [0.05, 0.1) is 16.1 Å². The van der Waals surface area contributed by atoms with Crippen molar-refractivity contribution in [2.45, 2.75) is 26.7 Å². The van der Waals surface area contributed by atoms with Crippen LogP contribution in [-0.2, 0) is 4.74 Å². The molecule has 0 fully saturated rings. The van der Waals surface area contributed by atoms with Crippen molar-refractivity contribution in [3.05, 3.63) is 10.4 Å². The highest BCUT2D eigenvalue weighted by molar-refractivity contribution is 7.19. The lowest BCUT2D eigenvalue weighted by Crippen LogP contribution is -2.15. The molecule has 6 nitrogen and oxygen atoms in total. The fraction of sp³-hybridized carbons (Fsp3) is 0.538. The molecule has 5 N–H and O–H groups in total. The maximum absolute atomic E-state index is 11.8. The molecule has 1 amide bonds. The molecular weight excluding hydrogens is 278 g/mol. The van der Waals surface area contributed by atoms with Gasteiger partial charge >= 0.3 is 0 Å². The Morgan fingerprint density at radius 2 is 2.05 bits per heavy atom. The Balaban J connectivity index is 2.83. The van der Waals surface area contributed by atoms with Crippen molar-refractivity contribution < 1.29 is 14.3 Å². The third-order valence-electron chi connectivity index (χ3n) is 2.72. The molecule has 0 bridgehead atoms. The number of ketones is 1. The van der Waals surface area contributed by atoms with E-state index in [1.807, 2.05) is 6.92 Å². The van der Waals surface area contributed by atoms with Gasteiger partial charge in [-0.1, -0.05) is 6.92 Å². The number of anilines is 2. The summed E-state index contributed by atoms with van der Waals surface area (Å²) in [5, 5.41) is 3.66. The average Bonchev–Trinajstić information content (AvgIpc) is 2.74. The Hall–Kier alpha value is -1.60. The highest BCUT2D eigenvalue weighted by Gasteiger charge is 2.23. The predicted molar refractivity (Wildman–Crippen MR) is 81.5 cm³/mol. The van der Waals surface area contributed by atoms with E-state index in [2.05, 4.69) is 5.32 Å². The first kappa shape index (κ1) is 16.5. The number of carbonyl (C=O) groups excluding carboxylic acids is 2. The van der Waals surface area contributed by atoms with E-state index in [1.54, 1.807) is 6.92 Å². The molecule has 0 saturated heterocycles. The van der Waals surface area contributed by atoms with Crippen LogP contribution >= 0.6 is 11.3 Å². The van der Waals surface area contributed by atoms with E-state index in [-0.39, 0.29) is 17.0 Å². The number of nitrogens with two attached hydrogens (primary N) is 2. The van der Waals surface area contributed by atoms with Crippen LogP contribution in [0.4, 0.5) is 10.7 Å². The summed E-state index contributed by atoms with van der Waals surface area (Å²) in [7, 11) is 0. The summed E-state index contributed by atoms with van der Waals surface area (Å²) in [4.78, 5) is 23.6. The second-order valence-electron chi connectivity index (χ2n) is 4.17. The van der Waals surface area contributed by atoms with Crippen LogP contribution in [0.2, 0.25) is 0 Å². The maximum atomic E-state index is 11.8. The van der Waals surface area contributed by atoms with Crippen molar-refractivity contribution in [2.75, 3.05) is 30.8 Å². The van der Waals surface area contributed by atoms with Gasteiger partial charge in [0.2, 0.25) is 0 Å². The smallest absolute Gasteiger partial charge is 0.253 e. The van der Waals surface area contributed by atoms with E-state index in [0.717, 1.165) is 6.42 Å². The zero-order valence-electron chi connectivity index (χ0n) is 11.8. The SMILES string of the molecule is CCOCCCNc1sc(C(=O)CC)c(N)c1C(N)=O. The lowest BCUT2D eigenvalue weighted by molar-refractivity contribution is 0.0991. The quantitative estimate of drug-likeness (QED) is 0.476. The summed E-state index contributed by atoms with van der Waals surface area (Å²) in [5.74, 6) is -0.710. The van der Waals surface area contributed by atoms with Gasteiger partial charge in [0.15, 0.2) is 5.78 Å². The minimum Gasteiger partial charge on any atom is -0.397 e. The lowest BCUT2D eigenvalue weighted by atomic mass is 10.1. The molecule has 0 saturated carbocycles. The molecule has 112 valence electrons. The van der Waals surface area contributed by atoms with Crippen LogP contribution in [-0.4, -0.2) is 31.4 Å². The number of Topliss-reactive ketones (excluding diaryl/α,β-unsaturated/α-hetero) is 1. The van der Waals surface area contributed by atoms with Crippen LogP contribution in [0.25, 0.3) is 0 Å². The summed E-state index contributed by atoms with van der Waals surface area (Å²) in [6.45, 7) is 5.62. The zero-order chi connectivity index (χ0) is 15.1. The molecule has 0 aliphatic rings. The van der Waals surface area contributed by atoms with Crippen LogP contribution < -0.4 is 16.8 Å². The molecule has 0 aliphatic carbocycles. The van der Waals surface area contributed by atoms with E-state index >= 15 is 0 Å². The highest BCUT2D eigenvalue weighted by Crippen LogP contribution is 2.36. The molecule has 0 spiro atoms. The predicted octanol–water partition coefficient (Wildman–Crippen LogP) is 1.86. The maximum Gasteiger partial charge on any atom is 0.253 e. The van der Waals surface area contributed by atoms with Crippen molar-refractivity contribution in [1.29, 1.82) is 0 Å². The average molecular weight is 299 g/mol. The summed E-state index contributed by atoms with van der Waals surface area (Å²) >= 11 is 1.18. The Kier molecular flexibility index (Phi) is 6.47. The van der Waals surface area contributed by atoms with Crippen LogP contribution in [0.5, 0.6) is 0 Å². The Labute approximate surface area is 122 Å². The van der Waals surface area contributed by atoms with Gasteiger partial charge in [0.25, 0.3) is 5.91 Å². The monoisotopic (exact) mass is 299 g/mol. The first-order valence-electron chi connectivity index (χ1n) is 6.59. The second-order valence-corrected chi connectivity index (χ2v) is 5.19. The second kappa shape index (κ2) is 7.86. The number of hydrogen-bond acceptors (Lipinski definition) is 6. The van der Waals surface area contributed by atoms with Gasteiger partial charge in [-0.25, -0.2) is 0 Å². The number of nitrogen functional groups attached to an aromatic ring is 1. The highest BCUT2D eigenvalue weighted by atomic mass is 32.1. The van der Waals surface area contributed by atoms with E-state index in [9.17, 15) is 9.59 Å². The van der Waals surface area contributed by atoms with Gasteiger partial charge in [-0.15, -0.1) is 11.3 Å². The van der Waals surface area contributed by atoms with Gasteiger partial charge < -0.3 is 21.5 Å². The van der Waals surface area contributed by atoms with Crippen molar-refractivity contribution in [3.63, 3.8) is 0 Å². The molecule has 0 aromatic carbocycles. The first-order chi connectivity index (χ1) is 9.52. The molecule has 1 aromatic heterocycles. The van der Waals surface area contributed by atoms with Crippen molar-refractivity contribution >= 4 is 33.7 Å². The standard InChI is InChI=1S/C13H21N3O3S/c1-3-8(17)11-10(14)9(12(15)18)13(20-11)16-6-5-7-19-4-2/h16H,3-7,14H2,1-2H3,(H2,15,18).